The molecule has 0 fully saturated rings. The van der Waals surface area contributed by atoms with Crippen LogP contribution in [-0.4, -0.2) is 21.7 Å². The second-order valence-corrected chi connectivity index (χ2v) is 6.52. The van der Waals surface area contributed by atoms with Crippen molar-refractivity contribution < 1.29 is 4.74 Å². The van der Waals surface area contributed by atoms with E-state index in [2.05, 4.69) is 17.4 Å². The molecular formula is C22H22N4O. The molecule has 2 heterocycles. The molecule has 4 rings (SSSR count). The zero-order valence-electron chi connectivity index (χ0n) is 15.7. The van der Waals surface area contributed by atoms with Gasteiger partial charge < -0.3 is 10.1 Å². The SMILES string of the molecule is COc1ccccc1-c1c(C)nn2c(NCc3ccccc3)cc(C)nc12. The van der Waals surface area contributed by atoms with Gasteiger partial charge in [-0.1, -0.05) is 48.5 Å². The Hall–Kier alpha value is -3.34. The molecule has 4 aromatic rings. The summed E-state index contributed by atoms with van der Waals surface area (Å²) in [4.78, 5) is 4.77. The summed E-state index contributed by atoms with van der Waals surface area (Å²) in [6, 6.07) is 20.3. The first-order valence-corrected chi connectivity index (χ1v) is 8.95. The van der Waals surface area contributed by atoms with E-state index < -0.39 is 0 Å². The van der Waals surface area contributed by atoms with Crippen molar-refractivity contribution in [1.82, 2.24) is 14.6 Å². The Morgan fingerprint density at radius 3 is 2.52 bits per heavy atom. The van der Waals surface area contributed by atoms with E-state index in [1.807, 2.05) is 66.9 Å². The summed E-state index contributed by atoms with van der Waals surface area (Å²) in [5, 5.41) is 8.25. The van der Waals surface area contributed by atoms with Crippen molar-refractivity contribution >= 4 is 11.5 Å². The minimum atomic E-state index is 0.724. The third-order valence-corrected chi connectivity index (χ3v) is 4.58. The van der Waals surface area contributed by atoms with Crippen molar-refractivity contribution in [1.29, 1.82) is 0 Å². The summed E-state index contributed by atoms with van der Waals surface area (Å²) in [6.07, 6.45) is 0. The number of anilines is 1. The van der Waals surface area contributed by atoms with Crippen molar-refractivity contribution in [2.45, 2.75) is 20.4 Å². The van der Waals surface area contributed by atoms with Gasteiger partial charge in [0.2, 0.25) is 0 Å². The quantitative estimate of drug-likeness (QED) is 0.565. The molecule has 0 amide bonds. The average Bonchev–Trinajstić information content (AvgIpc) is 3.02. The van der Waals surface area contributed by atoms with E-state index in [1.54, 1.807) is 7.11 Å². The summed E-state index contributed by atoms with van der Waals surface area (Å²) in [6.45, 7) is 4.73. The van der Waals surface area contributed by atoms with Crippen LogP contribution in [0.2, 0.25) is 0 Å². The number of methoxy groups -OCH3 is 1. The number of nitrogens with zero attached hydrogens (tertiary/aromatic N) is 3. The van der Waals surface area contributed by atoms with E-state index in [4.69, 9.17) is 14.8 Å². The van der Waals surface area contributed by atoms with E-state index in [-0.39, 0.29) is 0 Å². The number of hydrogen-bond acceptors (Lipinski definition) is 4. The number of ether oxygens (including phenoxy) is 1. The molecule has 5 heteroatoms. The maximum atomic E-state index is 5.56. The monoisotopic (exact) mass is 358 g/mol. The number of aromatic nitrogens is 3. The molecule has 0 aliphatic rings. The van der Waals surface area contributed by atoms with Gasteiger partial charge in [-0.2, -0.15) is 9.61 Å². The summed E-state index contributed by atoms with van der Waals surface area (Å²) >= 11 is 0. The molecule has 0 aliphatic heterocycles. The van der Waals surface area contributed by atoms with Crippen LogP contribution in [0.1, 0.15) is 17.0 Å². The van der Waals surface area contributed by atoms with Crippen LogP contribution in [0, 0.1) is 13.8 Å². The van der Waals surface area contributed by atoms with Crippen LogP contribution in [0.5, 0.6) is 5.75 Å². The summed E-state index contributed by atoms with van der Waals surface area (Å²) < 4.78 is 7.44. The first-order valence-electron chi connectivity index (χ1n) is 8.95. The number of rotatable bonds is 5. The average molecular weight is 358 g/mol. The second-order valence-electron chi connectivity index (χ2n) is 6.52. The molecule has 5 nitrogen and oxygen atoms in total. The minimum absolute atomic E-state index is 0.724. The fourth-order valence-electron chi connectivity index (χ4n) is 3.33. The summed E-state index contributed by atoms with van der Waals surface area (Å²) in [7, 11) is 1.69. The molecule has 0 saturated heterocycles. The highest BCUT2D eigenvalue weighted by Crippen LogP contribution is 2.35. The van der Waals surface area contributed by atoms with E-state index in [0.29, 0.717) is 0 Å². The normalized spacial score (nSPS) is 10.9. The van der Waals surface area contributed by atoms with Gasteiger partial charge in [-0.25, -0.2) is 4.98 Å². The van der Waals surface area contributed by atoms with Crippen LogP contribution in [-0.2, 0) is 6.54 Å². The highest BCUT2D eigenvalue weighted by Gasteiger charge is 2.18. The Kier molecular flexibility index (Phi) is 4.50. The smallest absolute Gasteiger partial charge is 0.165 e. The molecule has 0 unspecified atom stereocenters. The van der Waals surface area contributed by atoms with Gasteiger partial charge in [-0.15, -0.1) is 0 Å². The van der Waals surface area contributed by atoms with Gasteiger partial charge in [0.1, 0.15) is 11.6 Å². The number of benzene rings is 2. The maximum absolute atomic E-state index is 5.56. The fourth-order valence-corrected chi connectivity index (χ4v) is 3.33. The summed E-state index contributed by atoms with van der Waals surface area (Å²) in [5.41, 5.74) is 5.90. The molecule has 2 aromatic heterocycles. The van der Waals surface area contributed by atoms with E-state index >= 15 is 0 Å². The van der Waals surface area contributed by atoms with Crippen molar-refractivity contribution in [3.63, 3.8) is 0 Å². The zero-order chi connectivity index (χ0) is 18.8. The Morgan fingerprint density at radius 2 is 1.74 bits per heavy atom. The third kappa shape index (κ3) is 3.24. The van der Waals surface area contributed by atoms with E-state index in [1.165, 1.54) is 5.56 Å². The van der Waals surface area contributed by atoms with E-state index in [9.17, 15) is 0 Å². The Bertz CT molecular complexity index is 1090. The molecule has 0 spiro atoms. The van der Waals surface area contributed by atoms with Crippen molar-refractivity contribution in [2.24, 2.45) is 0 Å². The van der Waals surface area contributed by atoms with Crippen LogP contribution in [0.4, 0.5) is 5.82 Å². The molecule has 0 radical (unpaired) electrons. The van der Waals surface area contributed by atoms with Gasteiger partial charge in [-0.3, -0.25) is 0 Å². The standard InChI is InChI=1S/C22H22N4O/c1-15-13-20(23-14-17-9-5-4-6-10-17)26-22(24-15)21(16(2)25-26)18-11-7-8-12-19(18)27-3/h4-13,23H,14H2,1-3H3. The van der Waals surface area contributed by atoms with Gasteiger partial charge >= 0.3 is 0 Å². The number of hydrogen-bond donors (Lipinski definition) is 1. The third-order valence-electron chi connectivity index (χ3n) is 4.58. The van der Waals surface area contributed by atoms with Crippen molar-refractivity contribution in [3.05, 3.63) is 77.6 Å². The topological polar surface area (TPSA) is 51.5 Å². The number of para-hydroxylation sites is 1. The van der Waals surface area contributed by atoms with Crippen LogP contribution in [0.25, 0.3) is 16.8 Å². The molecular weight excluding hydrogens is 336 g/mol. The number of nitrogens with one attached hydrogen (secondary N) is 1. The Labute approximate surface area is 158 Å². The lowest BCUT2D eigenvalue weighted by Crippen LogP contribution is -2.06. The highest BCUT2D eigenvalue weighted by molar-refractivity contribution is 5.84. The predicted molar refractivity (Wildman–Crippen MR) is 108 cm³/mol. The molecule has 27 heavy (non-hydrogen) atoms. The van der Waals surface area contributed by atoms with Gasteiger partial charge in [-0.05, 0) is 25.5 Å². The zero-order valence-corrected chi connectivity index (χ0v) is 15.7. The van der Waals surface area contributed by atoms with Gasteiger partial charge in [0, 0.05) is 23.9 Å². The molecule has 0 bridgehead atoms. The Morgan fingerprint density at radius 1 is 1.00 bits per heavy atom. The molecule has 2 aromatic carbocycles. The summed E-state index contributed by atoms with van der Waals surface area (Å²) in [5.74, 6) is 1.74. The molecule has 0 aliphatic carbocycles. The lowest BCUT2D eigenvalue weighted by atomic mass is 10.1. The molecule has 1 N–H and O–H groups in total. The van der Waals surface area contributed by atoms with Crippen molar-refractivity contribution in [3.8, 4) is 16.9 Å². The Balaban J connectivity index is 1.81. The lowest BCUT2D eigenvalue weighted by Gasteiger charge is -2.11. The molecule has 136 valence electrons. The lowest BCUT2D eigenvalue weighted by molar-refractivity contribution is 0.416. The van der Waals surface area contributed by atoms with Crippen LogP contribution >= 0.6 is 0 Å². The number of fused-ring (bicyclic) bond motifs is 1. The second kappa shape index (κ2) is 7.11. The van der Waals surface area contributed by atoms with E-state index in [0.717, 1.165) is 46.3 Å². The van der Waals surface area contributed by atoms with Crippen LogP contribution in [0.15, 0.2) is 60.7 Å². The number of aryl methyl sites for hydroxylation is 2. The molecule has 0 atom stereocenters. The first kappa shape index (κ1) is 17.1. The highest BCUT2D eigenvalue weighted by atomic mass is 16.5. The maximum Gasteiger partial charge on any atom is 0.165 e. The fraction of sp³-hybridized carbons (Fsp3) is 0.182. The predicted octanol–water partition coefficient (Wildman–Crippen LogP) is 4.63. The van der Waals surface area contributed by atoms with Crippen LogP contribution < -0.4 is 10.1 Å². The largest absolute Gasteiger partial charge is 0.496 e. The molecule has 0 saturated carbocycles. The van der Waals surface area contributed by atoms with Gasteiger partial charge in [0.05, 0.1) is 18.4 Å². The van der Waals surface area contributed by atoms with Crippen LogP contribution in [0.3, 0.4) is 0 Å². The van der Waals surface area contributed by atoms with Crippen molar-refractivity contribution in [2.75, 3.05) is 12.4 Å². The van der Waals surface area contributed by atoms with Gasteiger partial charge in [0.15, 0.2) is 5.65 Å². The first-order chi connectivity index (χ1) is 13.2. The minimum Gasteiger partial charge on any atom is -0.496 e. The van der Waals surface area contributed by atoms with Gasteiger partial charge in [0.25, 0.3) is 0 Å².